The van der Waals surface area contributed by atoms with Gasteiger partial charge in [-0.05, 0) is 41.8 Å². The summed E-state index contributed by atoms with van der Waals surface area (Å²) < 4.78 is 5.25. The third-order valence-corrected chi connectivity index (χ3v) is 4.63. The summed E-state index contributed by atoms with van der Waals surface area (Å²) in [5.41, 5.74) is 9.67. The van der Waals surface area contributed by atoms with Crippen LogP contribution in [0.3, 0.4) is 0 Å². The van der Waals surface area contributed by atoms with Crippen LogP contribution in [0.15, 0.2) is 78.0 Å². The summed E-state index contributed by atoms with van der Waals surface area (Å²) in [6.07, 6.45) is 3.56. The fourth-order valence-corrected chi connectivity index (χ4v) is 3.56. The molecule has 132 valence electrons. The number of allylic oxidation sites excluding steroid dienone is 1. The summed E-state index contributed by atoms with van der Waals surface area (Å²) in [6, 6.07) is 11.6. The number of nitrogens with zero attached hydrogens (tertiary/aromatic N) is 2. The third kappa shape index (κ3) is 2.82. The lowest BCUT2D eigenvalue weighted by molar-refractivity contribution is 0.308. The van der Waals surface area contributed by atoms with Crippen molar-refractivity contribution >= 4 is 17.4 Å². The van der Waals surface area contributed by atoms with E-state index >= 15 is 0 Å². The molecule has 0 saturated heterocycles. The molecule has 1 aromatic heterocycles. The van der Waals surface area contributed by atoms with Crippen LogP contribution < -0.4 is 5.73 Å². The molecule has 0 spiro atoms. The Balaban J connectivity index is 2.40. The average Bonchev–Trinajstić information content (AvgIpc) is 2.93. The molecule has 0 radical (unpaired) electrons. The minimum absolute atomic E-state index is 0.395. The summed E-state index contributed by atoms with van der Waals surface area (Å²) in [5.74, 6) is 0.955. The molecule has 3 rings (SSSR count). The van der Waals surface area contributed by atoms with E-state index in [1.165, 1.54) is 0 Å². The van der Waals surface area contributed by atoms with Gasteiger partial charge in [0.1, 0.15) is 22.3 Å². The van der Waals surface area contributed by atoms with Gasteiger partial charge in [0.15, 0.2) is 0 Å². The van der Waals surface area contributed by atoms with E-state index < -0.39 is 5.54 Å². The molecule has 0 saturated carbocycles. The molecule has 0 amide bonds. The Kier molecular flexibility index (Phi) is 4.70. The lowest BCUT2D eigenvalue weighted by Crippen LogP contribution is -2.26. The van der Waals surface area contributed by atoms with Gasteiger partial charge in [-0.2, -0.15) is 0 Å². The fraction of sp³-hybridized carbons (Fsp3) is 0.143. The van der Waals surface area contributed by atoms with Crippen molar-refractivity contribution in [3.05, 3.63) is 101 Å². The fourth-order valence-electron chi connectivity index (χ4n) is 3.31. The Morgan fingerprint density at radius 3 is 2.69 bits per heavy atom. The second kappa shape index (κ2) is 6.81. The van der Waals surface area contributed by atoms with Crippen molar-refractivity contribution in [2.45, 2.75) is 12.5 Å². The maximum atomic E-state index is 6.28. The molecule has 0 fully saturated rings. The molecule has 1 aliphatic heterocycles. The highest BCUT2D eigenvalue weighted by molar-refractivity contribution is 6.29. The number of ether oxygens (including phenoxy) is 1. The van der Waals surface area contributed by atoms with Gasteiger partial charge >= 0.3 is 0 Å². The number of hydrogen-bond acceptors (Lipinski definition) is 4. The zero-order chi connectivity index (χ0) is 18.9. The highest BCUT2D eigenvalue weighted by atomic mass is 35.5. The minimum Gasteiger partial charge on any atom is -0.497 e. The van der Waals surface area contributed by atoms with Gasteiger partial charge in [-0.15, -0.1) is 0 Å². The lowest BCUT2D eigenvalue weighted by atomic mass is 9.77. The number of aryl methyl sites for hydroxylation is 1. The number of aliphatic imine (C=N–C) groups is 1. The first-order valence-electron chi connectivity index (χ1n) is 8.09. The van der Waals surface area contributed by atoms with Crippen molar-refractivity contribution in [1.29, 1.82) is 0 Å². The van der Waals surface area contributed by atoms with Crippen LogP contribution in [0.2, 0.25) is 5.15 Å². The quantitative estimate of drug-likeness (QED) is 0.488. The molecule has 0 bridgehead atoms. The number of aromatic nitrogens is 1. The van der Waals surface area contributed by atoms with Gasteiger partial charge in [-0.3, -0.25) is 0 Å². The summed E-state index contributed by atoms with van der Waals surface area (Å²) in [7, 11) is 1.57. The zero-order valence-corrected chi connectivity index (χ0v) is 15.5. The number of methoxy groups -OCH3 is 1. The number of nitrogens with two attached hydrogens (primary N) is 1. The molecule has 5 heteroatoms. The van der Waals surface area contributed by atoms with E-state index in [1.807, 2.05) is 43.3 Å². The second-order valence-corrected chi connectivity index (χ2v) is 6.43. The van der Waals surface area contributed by atoms with E-state index in [4.69, 9.17) is 27.1 Å². The van der Waals surface area contributed by atoms with Crippen LogP contribution in [0.4, 0.5) is 0 Å². The smallest absolute Gasteiger partial charge is 0.139 e. The molecule has 2 aromatic rings. The first kappa shape index (κ1) is 18.0. The van der Waals surface area contributed by atoms with Crippen molar-refractivity contribution in [3.8, 4) is 0 Å². The number of benzene rings is 1. The maximum absolute atomic E-state index is 6.28. The van der Waals surface area contributed by atoms with Gasteiger partial charge in [0, 0.05) is 11.3 Å². The van der Waals surface area contributed by atoms with Gasteiger partial charge in [-0.1, -0.05) is 55.1 Å². The molecule has 4 nitrogen and oxygen atoms in total. The SMILES string of the molecule is C=C/C(=C\C(=C)OC)C1(c2cc(C)nc(Cl)c2)N=C(N)c2ccccc21. The molecular formula is C21H20ClN3O. The van der Waals surface area contributed by atoms with Crippen molar-refractivity contribution in [2.75, 3.05) is 7.11 Å². The predicted molar refractivity (Wildman–Crippen MR) is 106 cm³/mol. The summed E-state index contributed by atoms with van der Waals surface area (Å²) >= 11 is 6.26. The van der Waals surface area contributed by atoms with Gasteiger partial charge in [-0.25, -0.2) is 9.98 Å². The highest BCUT2D eigenvalue weighted by Crippen LogP contribution is 2.47. The lowest BCUT2D eigenvalue weighted by Gasteiger charge is -2.30. The van der Waals surface area contributed by atoms with Crippen LogP contribution >= 0.6 is 11.6 Å². The van der Waals surface area contributed by atoms with Gasteiger partial charge in [0.05, 0.1) is 7.11 Å². The van der Waals surface area contributed by atoms with E-state index in [1.54, 1.807) is 19.3 Å². The van der Waals surface area contributed by atoms with Crippen LogP contribution in [0.5, 0.6) is 0 Å². The Hall–Kier alpha value is -2.85. The van der Waals surface area contributed by atoms with Crippen molar-refractivity contribution < 1.29 is 4.74 Å². The number of pyridine rings is 1. The molecular weight excluding hydrogens is 346 g/mol. The second-order valence-electron chi connectivity index (χ2n) is 6.05. The highest BCUT2D eigenvalue weighted by Gasteiger charge is 2.43. The van der Waals surface area contributed by atoms with Crippen molar-refractivity contribution in [1.82, 2.24) is 4.98 Å². The van der Waals surface area contributed by atoms with Crippen LogP contribution in [0, 0.1) is 6.92 Å². The van der Waals surface area contributed by atoms with Gasteiger partial charge in [0.25, 0.3) is 0 Å². The third-order valence-electron chi connectivity index (χ3n) is 4.44. The molecule has 0 aliphatic carbocycles. The molecule has 1 unspecified atom stereocenters. The standard InChI is InChI=1S/C21H20ClN3O/c1-5-15(11-14(3)26-4)21(16-10-13(2)24-19(22)12-16)18-9-7-6-8-17(18)20(23)25-21/h5-12H,1,3H2,2,4H3,(H2,23,25)/b15-11+. The van der Waals surface area contributed by atoms with E-state index in [9.17, 15) is 0 Å². The molecule has 1 atom stereocenters. The summed E-state index contributed by atoms with van der Waals surface area (Å²) in [5, 5.41) is 0.395. The topological polar surface area (TPSA) is 60.5 Å². The van der Waals surface area contributed by atoms with Crippen LogP contribution in [0.1, 0.15) is 22.4 Å². The van der Waals surface area contributed by atoms with E-state index in [0.717, 1.165) is 28.0 Å². The first-order valence-corrected chi connectivity index (χ1v) is 8.47. The Labute approximate surface area is 158 Å². The average molecular weight is 366 g/mol. The Morgan fingerprint density at radius 1 is 1.31 bits per heavy atom. The summed E-state index contributed by atoms with van der Waals surface area (Å²) in [4.78, 5) is 9.14. The zero-order valence-electron chi connectivity index (χ0n) is 14.8. The van der Waals surface area contributed by atoms with Crippen LogP contribution in [-0.2, 0) is 10.3 Å². The predicted octanol–water partition coefficient (Wildman–Crippen LogP) is 4.28. The minimum atomic E-state index is -0.888. The molecule has 1 aliphatic rings. The molecule has 1 aromatic carbocycles. The monoisotopic (exact) mass is 365 g/mol. The van der Waals surface area contributed by atoms with Gasteiger partial charge in [0.2, 0.25) is 0 Å². The first-order chi connectivity index (χ1) is 12.4. The van der Waals surface area contributed by atoms with E-state index in [0.29, 0.717) is 16.7 Å². The normalized spacial score (nSPS) is 18.9. The number of halogens is 1. The van der Waals surface area contributed by atoms with E-state index in [2.05, 4.69) is 18.1 Å². The van der Waals surface area contributed by atoms with E-state index in [-0.39, 0.29) is 0 Å². The van der Waals surface area contributed by atoms with Crippen LogP contribution in [0.25, 0.3) is 0 Å². The van der Waals surface area contributed by atoms with Crippen molar-refractivity contribution in [3.63, 3.8) is 0 Å². The number of hydrogen-bond donors (Lipinski definition) is 1. The Morgan fingerprint density at radius 2 is 2.04 bits per heavy atom. The largest absolute Gasteiger partial charge is 0.497 e. The maximum Gasteiger partial charge on any atom is 0.139 e. The Bertz CT molecular complexity index is 941. The summed E-state index contributed by atoms with van der Waals surface area (Å²) in [6.45, 7) is 9.78. The van der Waals surface area contributed by atoms with Crippen molar-refractivity contribution in [2.24, 2.45) is 10.7 Å². The number of amidine groups is 1. The van der Waals surface area contributed by atoms with Crippen LogP contribution in [-0.4, -0.2) is 17.9 Å². The van der Waals surface area contributed by atoms with Gasteiger partial charge < -0.3 is 10.5 Å². The molecule has 26 heavy (non-hydrogen) atoms. The molecule has 2 N–H and O–H groups in total. The number of rotatable bonds is 5. The number of fused-ring (bicyclic) bond motifs is 1. The molecule has 2 heterocycles.